The highest BCUT2D eigenvalue weighted by Gasteiger charge is 2.23. The molecule has 3 aromatic heterocycles. The van der Waals surface area contributed by atoms with Crippen LogP contribution in [0.25, 0.3) is 118 Å². The average Bonchev–Trinajstić information content (AvgIpc) is 3.94. The normalized spacial score (nSPS) is 11.7. The first kappa shape index (κ1) is 41.3. The molecule has 3 heterocycles. The number of aryl methyl sites for hydroxylation is 1. The van der Waals surface area contributed by atoms with Crippen LogP contribution in [0.15, 0.2) is 242 Å². The molecule has 5 heteroatoms. The van der Waals surface area contributed by atoms with Gasteiger partial charge in [-0.15, -0.1) is 0 Å². The molecule has 5 nitrogen and oxygen atoms in total. The molecule has 0 saturated heterocycles. The predicted molar refractivity (Wildman–Crippen MR) is 286 cm³/mol. The molecule has 0 fully saturated rings. The quantitative estimate of drug-likeness (QED) is 0.128. The van der Waals surface area contributed by atoms with Gasteiger partial charge in [-0.2, -0.15) is 0 Å². The second-order valence-corrected chi connectivity index (χ2v) is 17.2. The molecule has 0 aliphatic carbocycles. The minimum absolute atomic E-state index is 0.551. The van der Waals surface area contributed by atoms with Gasteiger partial charge in [-0.25, -0.2) is 15.0 Å². The van der Waals surface area contributed by atoms with Gasteiger partial charge in [0.05, 0.1) is 11.0 Å². The van der Waals surface area contributed by atoms with E-state index in [0.29, 0.717) is 17.5 Å². The van der Waals surface area contributed by atoms with Crippen molar-refractivity contribution < 1.29 is 4.42 Å². The smallest absolute Gasteiger partial charge is 0.164 e. The molecule has 0 radical (unpaired) electrons. The van der Waals surface area contributed by atoms with E-state index in [1.165, 1.54) is 0 Å². The van der Waals surface area contributed by atoms with Crippen LogP contribution in [0.2, 0.25) is 0 Å². The number of rotatable bonds is 10. The number of aromatic nitrogens is 4. The Hall–Kier alpha value is -9.19. The number of allylic oxidation sites excluding steroid dienone is 2. The molecular formula is C64H44N4O. The lowest BCUT2D eigenvalue weighted by atomic mass is 9.88. The third-order valence-electron chi connectivity index (χ3n) is 13.0. The van der Waals surface area contributed by atoms with Crippen molar-refractivity contribution in [1.82, 2.24) is 19.5 Å². The van der Waals surface area contributed by atoms with Gasteiger partial charge in [-0.3, -0.25) is 0 Å². The Kier molecular flexibility index (Phi) is 10.5. The minimum Gasteiger partial charge on any atom is -0.461 e. The predicted octanol–water partition coefficient (Wildman–Crippen LogP) is 16.8. The lowest BCUT2D eigenvalue weighted by molar-refractivity contribution is 0.577. The van der Waals surface area contributed by atoms with E-state index in [1.54, 1.807) is 0 Å². The van der Waals surface area contributed by atoms with E-state index in [-0.39, 0.29) is 0 Å². The summed E-state index contributed by atoms with van der Waals surface area (Å²) in [7, 11) is 0. The molecule has 0 bridgehead atoms. The van der Waals surface area contributed by atoms with E-state index in [1.807, 2.05) is 73.7 Å². The van der Waals surface area contributed by atoms with Gasteiger partial charge in [-0.05, 0) is 100.0 Å². The molecule has 0 atom stereocenters. The molecule has 0 N–H and O–H groups in total. The standard InChI is InChI=1S/C64H44N4O/c1-3-43(39-54-42(2)69-59-38-37-58-60(61(54)59)53-31-19-20-32-57(53)68(58)50-29-17-8-18-30-50)51-36-34-49(55-40-48(44-21-9-4-10-22-44)33-35-52(55)45-23-11-5-12-24-45)41-56(51)64-66-62(46-25-13-6-14-26-46)65-63(67-64)47-27-15-7-16-28-47/h3-41H,1H2,2H3/b43-39+. The highest BCUT2D eigenvalue weighted by atomic mass is 16.3. The number of hydrogen-bond donors (Lipinski definition) is 0. The van der Waals surface area contributed by atoms with Gasteiger partial charge in [0.15, 0.2) is 17.5 Å². The molecule has 12 rings (SSSR count). The Morgan fingerprint density at radius 3 is 1.65 bits per heavy atom. The summed E-state index contributed by atoms with van der Waals surface area (Å²) in [6.45, 7) is 6.52. The molecule has 0 saturated carbocycles. The highest BCUT2D eigenvalue weighted by molar-refractivity contribution is 6.23. The van der Waals surface area contributed by atoms with Crippen molar-refractivity contribution in [3.8, 4) is 73.2 Å². The zero-order chi connectivity index (χ0) is 46.3. The van der Waals surface area contributed by atoms with Crippen molar-refractivity contribution in [3.05, 3.63) is 254 Å². The lowest BCUT2D eigenvalue weighted by Crippen LogP contribution is -2.02. The summed E-state index contributed by atoms with van der Waals surface area (Å²) >= 11 is 0. The lowest BCUT2D eigenvalue weighted by Gasteiger charge is -2.17. The maximum absolute atomic E-state index is 6.66. The molecule has 0 unspecified atom stereocenters. The maximum Gasteiger partial charge on any atom is 0.164 e. The van der Waals surface area contributed by atoms with Gasteiger partial charge in [0.2, 0.25) is 0 Å². The van der Waals surface area contributed by atoms with E-state index >= 15 is 0 Å². The molecule has 69 heavy (non-hydrogen) atoms. The van der Waals surface area contributed by atoms with Crippen LogP contribution >= 0.6 is 0 Å². The van der Waals surface area contributed by atoms with Gasteiger partial charge in [0, 0.05) is 44.1 Å². The second kappa shape index (κ2) is 17.6. The fourth-order valence-corrected chi connectivity index (χ4v) is 9.76. The first-order valence-electron chi connectivity index (χ1n) is 23.2. The van der Waals surface area contributed by atoms with E-state index in [0.717, 1.165) is 111 Å². The van der Waals surface area contributed by atoms with E-state index in [4.69, 9.17) is 19.4 Å². The molecule has 0 aliphatic rings. The molecule has 0 spiro atoms. The maximum atomic E-state index is 6.66. The van der Waals surface area contributed by atoms with E-state index < -0.39 is 0 Å². The number of para-hydroxylation sites is 2. The van der Waals surface area contributed by atoms with Crippen molar-refractivity contribution in [3.63, 3.8) is 0 Å². The van der Waals surface area contributed by atoms with Crippen LogP contribution in [-0.2, 0) is 0 Å². The SMILES string of the molecule is C=C/C(=C\c1c(C)oc2ccc3c(c4ccccc4n3-c3ccccc3)c12)c1ccc(-c2cc(-c3ccccc3)ccc2-c2ccccc2)cc1-c1nc(-c2ccccc2)nc(-c2ccccc2)n1. The fourth-order valence-electron chi connectivity index (χ4n) is 9.76. The van der Waals surface area contributed by atoms with Gasteiger partial charge in [0.1, 0.15) is 11.3 Å². The van der Waals surface area contributed by atoms with E-state index in [9.17, 15) is 0 Å². The van der Waals surface area contributed by atoms with Crippen molar-refractivity contribution >= 4 is 44.4 Å². The van der Waals surface area contributed by atoms with Crippen LogP contribution in [0.5, 0.6) is 0 Å². The summed E-state index contributed by atoms with van der Waals surface area (Å²) < 4.78 is 9.00. The zero-order valence-electron chi connectivity index (χ0n) is 37.9. The monoisotopic (exact) mass is 884 g/mol. The zero-order valence-corrected chi connectivity index (χ0v) is 37.9. The summed E-state index contributed by atoms with van der Waals surface area (Å²) in [5.41, 5.74) is 16.3. The Labute approximate surface area is 400 Å². The Bertz CT molecular complexity index is 3830. The molecule has 12 aromatic rings. The van der Waals surface area contributed by atoms with Crippen LogP contribution in [0.3, 0.4) is 0 Å². The molecule has 0 amide bonds. The topological polar surface area (TPSA) is 56.7 Å². The summed E-state index contributed by atoms with van der Waals surface area (Å²) in [6.07, 6.45) is 4.16. The van der Waals surface area contributed by atoms with Crippen LogP contribution in [0.1, 0.15) is 16.9 Å². The number of nitrogens with zero attached hydrogens (tertiary/aromatic N) is 4. The number of fused-ring (bicyclic) bond motifs is 5. The summed E-state index contributed by atoms with van der Waals surface area (Å²) in [5, 5.41) is 3.34. The Balaban J connectivity index is 1.13. The van der Waals surface area contributed by atoms with Crippen LogP contribution in [-0.4, -0.2) is 19.5 Å². The summed E-state index contributed by atoms with van der Waals surface area (Å²) in [5.74, 6) is 2.54. The van der Waals surface area contributed by atoms with Crippen LogP contribution in [0.4, 0.5) is 0 Å². The summed E-state index contributed by atoms with van der Waals surface area (Å²) in [4.78, 5) is 15.7. The Morgan fingerprint density at radius 2 is 1.00 bits per heavy atom. The second-order valence-electron chi connectivity index (χ2n) is 17.2. The van der Waals surface area contributed by atoms with Crippen molar-refractivity contribution in [2.75, 3.05) is 0 Å². The molecular weight excluding hydrogens is 841 g/mol. The summed E-state index contributed by atoms with van der Waals surface area (Å²) in [6, 6.07) is 78.3. The largest absolute Gasteiger partial charge is 0.461 e. The average molecular weight is 885 g/mol. The fraction of sp³-hybridized carbons (Fsp3) is 0.0156. The third kappa shape index (κ3) is 7.53. The number of hydrogen-bond acceptors (Lipinski definition) is 4. The van der Waals surface area contributed by atoms with Crippen LogP contribution < -0.4 is 0 Å². The first-order chi connectivity index (χ1) is 34.1. The number of benzene rings is 9. The molecule has 326 valence electrons. The molecule has 9 aromatic carbocycles. The van der Waals surface area contributed by atoms with E-state index in [2.05, 4.69) is 181 Å². The minimum atomic E-state index is 0.551. The van der Waals surface area contributed by atoms with Gasteiger partial charge >= 0.3 is 0 Å². The van der Waals surface area contributed by atoms with Crippen molar-refractivity contribution in [1.29, 1.82) is 0 Å². The Morgan fingerprint density at radius 1 is 0.449 bits per heavy atom. The highest BCUT2D eigenvalue weighted by Crippen LogP contribution is 2.44. The first-order valence-corrected chi connectivity index (χ1v) is 23.2. The van der Waals surface area contributed by atoms with Gasteiger partial charge < -0.3 is 8.98 Å². The van der Waals surface area contributed by atoms with Gasteiger partial charge in [0.25, 0.3) is 0 Å². The van der Waals surface area contributed by atoms with Crippen molar-refractivity contribution in [2.45, 2.75) is 6.92 Å². The molecule has 0 aliphatic heterocycles. The van der Waals surface area contributed by atoms with Crippen molar-refractivity contribution in [2.24, 2.45) is 0 Å². The third-order valence-corrected chi connectivity index (χ3v) is 13.0. The number of furan rings is 1. The van der Waals surface area contributed by atoms with Gasteiger partial charge in [-0.1, -0.05) is 195 Å². The van der Waals surface area contributed by atoms with Crippen LogP contribution in [0, 0.1) is 6.92 Å².